The van der Waals surface area contributed by atoms with E-state index in [0.717, 1.165) is 19.0 Å². The molecule has 1 aliphatic carbocycles. The Hall–Kier alpha value is -0.900. The minimum absolute atomic E-state index is 0.502. The number of hydrogen-bond donors (Lipinski definition) is 1. The monoisotopic (exact) mass is 287 g/mol. The fraction of sp³-hybridized carbons (Fsp3) is 0.667. The van der Waals surface area contributed by atoms with Crippen LogP contribution < -0.4 is 5.73 Å². The van der Waals surface area contributed by atoms with Crippen LogP contribution in [0.1, 0.15) is 43.7 Å². The van der Waals surface area contributed by atoms with E-state index in [-0.39, 0.29) is 0 Å². The molecule has 1 aromatic carbocycles. The summed E-state index contributed by atoms with van der Waals surface area (Å²) in [6.45, 7) is 5.62. The summed E-state index contributed by atoms with van der Waals surface area (Å²) in [4.78, 5) is 5.38. The molecule has 2 aliphatic rings. The van der Waals surface area contributed by atoms with Gasteiger partial charge >= 0.3 is 0 Å². The number of benzene rings is 1. The van der Waals surface area contributed by atoms with Gasteiger partial charge in [-0.1, -0.05) is 43.2 Å². The van der Waals surface area contributed by atoms with Gasteiger partial charge in [0.1, 0.15) is 0 Å². The maximum absolute atomic E-state index is 5.86. The third kappa shape index (κ3) is 3.65. The molecule has 3 heteroatoms. The maximum Gasteiger partial charge on any atom is 0.0361 e. The predicted octanol–water partition coefficient (Wildman–Crippen LogP) is 2.64. The van der Waals surface area contributed by atoms with E-state index in [1.807, 2.05) is 0 Å². The average molecular weight is 287 g/mol. The van der Waals surface area contributed by atoms with Crippen molar-refractivity contribution in [3.8, 4) is 0 Å². The second-order valence-electron chi connectivity index (χ2n) is 6.51. The lowest BCUT2D eigenvalue weighted by Crippen LogP contribution is -2.50. The van der Waals surface area contributed by atoms with Gasteiger partial charge in [-0.05, 0) is 31.4 Å². The highest BCUT2D eigenvalue weighted by atomic mass is 15.3. The zero-order valence-corrected chi connectivity index (χ0v) is 13.1. The Morgan fingerprint density at radius 2 is 1.67 bits per heavy atom. The summed E-state index contributed by atoms with van der Waals surface area (Å²) in [5.41, 5.74) is 7.29. The highest BCUT2D eigenvalue weighted by molar-refractivity contribution is 5.19. The van der Waals surface area contributed by atoms with E-state index in [1.165, 1.54) is 57.4 Å². The van der Waals surface area contributed by atoms with Gasteiger partial charge in [0.15, 0.2) is 0 Å². The zero-order valence-electron chi connectivity index (χ0n) is 13.1. The predicted molar refractivity (Wildman–Crippen MR) is 88.3 cm³/mol. The maximum atomic E-state index is 5.86. The van der Waals surface area contributed by atoms with E-state index >= 15 is 0 Å². The molecule has 1 saturated heterocycles. The molecule has 1 aliphatic heterocycles. The number of piperazine rings is 1. The van der Waals surface area contributed by atoms with E-state index in [0.29, 0.717) is 6.04 Å². The molecule has 0 amide bonds. The summed E-state index contributed by atoms with van der Waals surface area (Å²) >= 11 is 0. The summed E-state index contributed by atoms with van der Waals surface area (Å²) in [6, 6.07) is 12.3. The quantitative estimate of drug-likeness (QED) is 0.903. The third-order valence-electron chi connectivity index (χ3n) is 5.26. The molecule has 2 N–H and O–H groups in total. The number of rotatable bonds is 5. The Balaban J connectivity index is 1.60. The van der Waals surface area contributed by atoms with Gasteiger partial charge in [0.2, 0.25) is 0 Å². The van der Waals surface area contributed by atoms with E-state index in [1.54, 1.807) is 0 Å². The van der Waals surface area contributed by atoms with Gasteiger partial charge in [0, 0.05) is 38.3 Å². The van der Waals surface area contributed by atoms with Crippen molar-refractivity contribution in [2.45, 2.75) is 44.2 Å². The lowest BCUT2D eigenvalue weighted by atomic mass is 10.0. The van der Waals surface area contributed by atoms with Gasteiger partial charge in [-0.25, -0.2) is 0 Å². The fourth-order valence-corrected chi connectivity index (χ4v) is 4.08. The lowest BCUT2D eigenvalue weighted by molar-refractivity contribution is 0.0678. The number of nitrogens with two attached hydrogens (primary N) is 1. The smallest absolute Gasteiger partial charge is 0.0361 e. The Labute approximate surface area is 129 Å². The molecule has 0 bridgehead atoms. The molecule has 2 fully saturated rings. The zero-order chi connectivity index (χ0) is 14.5. The van der Waals surface area contributed by atoms with Gasteiger partial charge < -0.3 is 5.73 Å². The van der Waals surface area contributed by atoms with Gasteiger partial charge in [-0.3, -0.25) is 9.80 Å². The third-order valence-corrected chi connectivity index (χ3v) is 5.26. The van der Waals surface area contributed by atoms with Crippen molar-refractivity contribution in [1.82, 2.24) is 9.80 Å². The van der Waals surface area contributed by atoms with Crippen LogP contribution in [0.4, 0.5) is 0 Å². The highest BCUT2D eigenvalue weighted by Crippen LogP contribution is 2.28. The van der Waals surface area contributed by atoms with Crippen molar-refractivity contribution in [3.63, 3.8) is 0 Å². The minimum atomic E-state index is 0.502. The summed E-state index contributed by atoms with van der Waals surface area (Å²) in [5, 5.41) is 0. The summed E-state index contributed by atoms with van der Waals surface area (Å²) in [6.07, 6.45) is 6.78. The molecule has 3 nitrogen and oxygen atoms in total. The van der Waals surface area contributed by atoms with Crippen LogP contribution in [-0.4, -0.2) is 48.6 Å². The van der Waals surface area contributed by atoms with Crippen molar-refractivity contribution >= 4 is 0 Å². The molecular weight excluding hydrogens is 258 g/mol. The fourth-order valence-electron chi connectivity index (χ4n) is 4.08. The molecule has 0 radical (unpaired) electrons. The van der Waals surface area contributed by atoms with Gasteiger partial charge in [0.25, 0.3) is 0 Å². The molecule has 1 saturated carbocycles. The van der Waals surface area contributed by atoms with E-state index < -0.39 is 0 Å². The number of nitrogens with zero attached hydrogens (tertiary/aromatic N) is 2. The molecule has 21 heavy (non-hydrogen) atoms. The normalized spacial score (nSPS) is 23.5. The van der Waals surface area contributed by atoms with Crippen LogP contribution in [0.2, 0.25) is 0 Å². The molecule has 1 heterocycles. The lowest BCUT2D eigenvalue weighted by Gasteiger charge is -2.41. The van der Waals surface area contributed by atoms with E-state index in [9.17, 15) is 0 Å². The summed E-state index contributed by atoms with van der Waals surface area (Å²) in [7, 11) is 0. The van der Waals surface area contributed by atoms with Crippen LogP contribution in [-0.2, 0) is 0 Å². The first kappa shape index (κ1) is 15.0. The summed E-state index contributed by atoms with van der Waals surface area (Å²) < 4.78 is 0. The first-order valence-electron chi connectivity index (χ1n) is 8.61. The highest BCUT2D eigenvalue weighted by Gasteiger charge is 2.29. The minimum Gasteiger partial charge on any atom is -0.330 e. The average Bonchev–Trinajstić information content (AvgIpc) is 3.08. The molecular formula is C18H29N3. The Bertz CT molecular complexity index is 406. The van der Waals surface area contributed by atoms with Crippen molar-refractivity contribution in [2.75, 3.05) is 32.7 Å². The molecule has 3 rings (SSSR count). The largest absolute Gasteiger partial charge is 0.330 e. The van der Waals surface area contributed by atoms with Gasteiger partial charge in [0.05, 0.1) is 0 Å². The van der Waals surface area contributed by atoms with Gasteiger partial charge in [-0.2, -0.15) is 0 Å². The Morgan fingerprint density at radius 3 is 2.29 bits per heavy atom. The first-order valence-corrected chi connectivity index (χ1v) is 8.61. The van der Waals surface area contributed by atoms with Crippen molar-refractivity contribution < 1.29 is 0 Å². The van der Waals surface area contributed by atoms with Crippen molar-refractivity contribution in [2.24, 2.45) is 5.73 Å². The topological polar surface area (TPSA) is 32.5 Å². The number of hydrogen-bond acceptors (Lipinski definition) is 3. The second-order valence-corrected chi connectivity index (χ2v) is 6.51. The molecule has 1 atom stereocenters. The van der Waals surface area contributed by atoms with Gasteiger partial charge in [-0.15, -0.1) is 0 Å². The van der Waals surface area contributed by atoms with Crippen LogP contribution >= 0.6 is 0 Å². The van der Waals surface area contributed by atoms with Crippen LogP contribution in [0.15, 0.2) is 30.3 Å². The van der Waals surface area contributed by atoms with Crippen LogP contribution in [0, 0.1) is 0 Å². The van der Waals surface area contributed by atoms with Crippen molar-refractivity contribution in [3.05, 3.63) is 35.9 Å². The standard InChI is InChI=1S/C18H29N3/c19-11-10-18(16-6-2-1-3-7-16)21-14-12-20(13-15-21)17-8-4-5-9-17/h1-3,6-7,17-18H,4-5,8-15,19H2. The molecule has 116 valence electrons. The van der Waals surface area contributed by atoms with Crippen LogP contribution in [0.25, 0.3) is 0 Å². The molecule has 0 aromatic heterocycles. The Morgan fingerprint density at radius 1 is 1.00 bits per heavy atom. The Kier molecular flexibility index (Phi) is 5.28. The first-order chi connectivity index (χ1) is 10.4. The van der Waals surface area contributed by atoms with E-state index in [4.69, 9.17) is 5.73 Å². The SMILES string of the molecule is NCCC(c1ccccc1)N1CCN(C2CCCC2)CC1. The molecule has 1 aromatic rings. The van der Waals surface area contributed by atoms with E-state index in [2.05, 4.69) is 40.1 Å². The summed E-state index contributed by atoms with van der Waals surface area (Å²) in [5.74, 6) is 0. The molecule has 0 spiro atoms. The molecule has 1 unspecified atom stereocenters. The second kappa shape index (κ2) is 7.39. The van der Waals surface area contributed by atoms with Crippen LogP contribution in [0.3, 0.4) is 0 Å². The van der Waals surface area contributed by atoms with Crippen LogP contribution in [0.5, 0.6) is 0 Å². The van der Waals surface area contributed by atoms with Crippen molar-refractivity contribution in [1.29, 1.82) is 0 Å².